The minimum atomic E-state index is -1.30. The molecular weight excluding hydrogens is 963 g/mol. The van der Waals surface area contributed by atoms with Crippen LogP contribution in [-0.4, -0.2) is 261 Å². The first kappa shape index (κ1) is 57.7. The van der Waals surface area contributed by atoms with Crippen molar-refractivity contribution in [1.82, 2.24) is 40.6 Å². The SMILES string of the molecule is CC(=O)N[C@H]1[C@@H]2OC[C@](COCCOCCOCCOCCn3cc(COCC(N)COCc4cn(CCOCCOCCOCCOC[C@@]56CO[C@H](O5)[C@H](NC(C)=O)[C@@H](O)[C@H]6O)nn4)nn3)(O2)[C@H](O)[C@@H]1O. The van der Waals surface area contributed by atoms with E-state index in [-0.39, 0.29) is 97.1 Å². The van der Waals surface area contributed by atoms with Gasteiger partial charge in [-0.15, -0.1) is 10.2 Å². The van der Waals surface area contributed by atoms with Gasteiger partial charge in [0.2, 0.25) is 11.8 Å². The third-order valence-corrected chi connectivity index (χ3v) is 11.7. The van der Waals surface area contributed by atoms with Gasteiger partial charge in [-0.25, -0.2) is 9.36 Å². The van der Waals surface area contributed by atoms with Gasteiger partial charge in [0.05, 0.1) is 177 Å². The molecule has 72 heavy (non-hydrogen) atoms. The molecule has 0 saturated carbocycles. The van der Waals surface area contributed by atoms with Crippen molar-refractivity contribution < 1.29 is 96.3 Å². The van der Waals surface area contributed by atoms with Gasteiger partial charge in [0, 0.05) is 13.8 Å². The Bertz CT molecular complexity index is 1740. The molecule has 0 aliphatic carbocycles. The fraction of sp³-hybridized carbons (Fsp3) is 0.860. The number of nitrogens with two attached hydrogens (primary N) is 1. The highest BCUT2D eigenvalue weighted by Crippen LogP contribution is 2.38. The Kier molecular flexibility index (Phi) is 24.2. The molecule has 0 spiro atoms. The van der Waals surface area contributed by atoms with Crippen LogP contribution in [0.25, 0.3) is 0 Å². The van der Waals surface area contributed by atoms with Crippen molar-refractivity contribution in [1.29, 1.82) is 0 Å². The molecule has 410 valence electrons. The average Bonchev–Trinajstić information content (AvgIpc) is 4.18. The molecule has 4 saturated heterocycles. The minimum absolute atomic E-state index is 0.0102. The number of nitrogens with one attached hydrogen (secondary N) is 2. The third kappa shape index (κ3) is 17.8. The first-order valence-electron chi connectivity index (χ1n) is 24.0. The summed E-state index contributed by atoms with van der Waals surface area (Å²) in [6.45, 7) is 9.54. The standard InChI is InChI=1S/C43H73N9O20/c1-29(53)45-34-36(55)38(57)42(27-69-40(34)71-42)25-65-17-15-63-13-11-61-9-7-59-5-3-51-19-32(47-49-51)23-67-21-31(44)22-68-24-33-20-52(50-48-33)4-6-60-8-10-62-12-14-64-16-18-66-26-43-28-70-41(72-43)35(46-30(2)54)37(56)39(43)58/h19-20,31,34-41,55-58H,3-18,21-28,44H2,1-2H3,(H,45,53)(H,46,54)/t34-,35-,36-,37-,38-,39-,40-,41-,42+,43+/m1/s1. The fourth-order valence-electron chi connectivity index (χ4n) is 7.98. The van der Waals surface area contributed by atoms with E-state index in [0.717, 1.165) is 0 Å². The van der Waals surface area contributed by atoms with E-state index in [2.05, 4.69) is 31.3 Å². The molecule has 0 radical (unpaired) electrons. The van der Waals surface area contributed by atoms with Crippen LogP contribution >= 0.6 is 0 Å². The van der Waals surface area contributed by atoms with Crippen molar-refractivity contribution in [3.63, 3.8) is 0 Å². The smallest absolute Gasteiger partial charge is 0.217 e. The highest BCUT2D eigenvalue weighted by atomic mass is 16.8. The van der Waals surface area contributed by atoms with E-state index in [1.807, 2.05) is 0 Å². The lowest BCUT2D eigenvalue weighted by atomic mass is 9.88. The fourth-order valence-corrected chi connectivity index (χ4v) is 7.98. The van der Waals surface area contributed by atoms with E-state index in [9.17, 15) is 30.0 Å². The maximum atomic E-state index is 11.4. The predicted octanol–water partition coefficient (Wildman–Crippen LogP) is -5.23. The molecule has 8 N–H and O–H groups in total. The summed E-state index contributed by atoms with van der Waals surface area (Å²) < 4.78 is 82.1. The first-order valence-corrected chi connectivity index (χ1v) is 24.0. The molecule has 29 heteroatoms. The molecule has 6 heterocycles. The summed E-state index contributed by atoms with van der Waals surface area (Å²) in [6, 6.07) is -2.10. The first-order chi connectivity index (χ1) is 34.9. The molecule has 0 aromatic carbocycles. The van der Waals surface area contributed by atoms with Crippen LogP contribution in [0.5, 0.6) is 0 Å². The zero-order valence-corrected chi connectivity index (χ0v) is 40.9. The van der Waals surface area contributed by atoms with Crippen LogP contribution < -0.4 is 16.4 Å². The van der Waals surface area contributed by atoms with Crippen molar-refractivity contribution in [3.8, 4) is 0 Å². The predicted molar refractivity (Wildman–Crippen MR) is 240 cm³/mol. The Morgan fingerprint density at radius 1 is 0.597 bits per heavy atom. The molecule has 4 aliphatic rings. The summed E-state index contributed by atoms with van der Waals surface area (Å²) >= 11 is 0. The van der Waals surface area contributed by atoms with Crippen LogP contribution in [0.15, 0.2) is 12.4 Å². The minimum Gasteiger partial charge on any atom is -0.388 e. The normalized spacial score (nSPS) is 28.2. The number of carbonyl (C=O) groups is 2. The average molecular weight is 1040 g/mol. The molecule has 10 atom stereocenters. The van der Waals surface area contributed by atoms with Crippen molar-refractivity contribution >= 4 is 11.8 Å². The number of ether oxygens (including phenoxy) is 14. The molecule has 4 aliphatic heterocycles. The number of hydrogen-bond donors (Lipinski definition) is 7. The molecule has 0 unspecified atom stereocenters. The van der Waals surface area contributed by atoms with E-state index in [1.165, 1.54) is 13.8 Å². The van der Waals surface area contributed by atoms with Crippen molar-refractivity contribution in [2.24, 2.45) is 5.73 Å². The van der Waals surface area contributed by atoms with Gasteiger partial charge < -0.3 is 103 Å². The topological polar surface area (TPSA) is 356 Å². The quantitative estimate of drug-likeness (QED) is 0.0309. The van der Waals surface area contributed by atoms with Crippen LogP contribution in [0.3, 0.4) is 0 Å². The van der Waals surface area contributed by atoms with Gasteiger partial charge in [-0.2, -0.15) is 0 Å². The Morgan fingerprint density at radius 2 is 0.944 bits per heavy atom. The van der Waals surface area contributed by atoms with Crippen LogP contribution in [0.2, 0.25) is 0 Å². The molecule has 2 aromatic rings. The zero-order chi connectivity index (χ0) is 51.2. The number of amides is 2. The van der Waals surface area contributed by atoms with Gasteiger partial charge >= 0.3 is 0 Å². The lowest BCUT2D eigenvalue weighted by Gasteiger charge is -2.42. The Labute approximate surface area is 416 Å². The van der Waals surface area contributed by atoms with Gasteiger partial charge in [0.25, 0.3) is 0 Å². The summed E-state index contributed by atoms with van der Waals surface area (Å²) in [6.07, 6.45) is -3.29. The maximum absolute atomic E-state index is 11.4. The lowest BCUT2D eigenvalue weighted by Crippen LogP contribution is -2.66. The van der Waals surface area contributed by atoms with Gasteiger partial charge in [-0.3, -0.25) is 9.59 Å². The molecule has 4 fully saturated rings. The van der Waals surface area contributed by atoms with Gasteiger partial charge in [0.15, 0.2) is 12.6 Å². The summed E-state index contributed by atoms with van der Waals surface area (Å²) in [5.74, 6) is -0.734. The number of nitrogens with zero attached hydrogens (tertiary/aromatic N) is 6. The van der Waals surface area contributed by atoms with E-state index in [0.29, 0.717) is 90.5 Å². The number of aliphatic hydroxyl groups excluding tert-OH is 4. The summed E-state index contributed by atoms with van der Waals surface area (Å²) in [4.78, 5) is 22.8. The molecular formula is C43H73N9O20. The zero-order valence-electron chi connectivity index (χ0n) is 40.9. The second-order valence-corrected chi connectivity index (χ2v) is 17.6. The Morgan fingerprint density at radius 3 is 1.31 bits per heavy atom. The monoisotopic (exact) mass is 1040 g/mol. The summed E-state index contributed by atoms with van der Waals surface area (Å²) in [7, 11) is 0. The lowest BCUT2D eigenvalue weighted by molar-refractivity contribution is -0.238. The number of hydrogen-bond acceptors (Lipinski definition) is 25. The van der Waals surface area contributed by atoms with E-state index >= 15 is 0 Å². The van der Waals surface area contributed by atoms with Crippen LogP contribution in [-0.2, 0) is 102 Å². The second kappa shape index (κ2) is 30.1. The van der Waals surface area contributed by atoms with E-state index in [4.69, 9.17) is 72.0 Å². The van der Waals surface area contributed by atoms with Crippen LogP contribution in [0, 0.1) is 0 Å². The van der Waals surface area contributed by atoms with Gasteiger partial charge in [0.1, 0.15) is 59.1 Å². The van der Waals surface area contributed by atoms with Crippen molar-refractivity contribution in [2.75, 3.05) is 132 Å². The molecule has 2 amide bonds. The van der Waals surface area contributed by atoms with Crippen LogP contribution in [0.4, 0.5) is 0 Å². The number of carbonyl (C=O) groups excluding carboxylic acids is 2. The maximum Gasteiger partial charge on any atom is 0.217 e. The summed E-state index contributed by atoms with van der Waals surface area (Å²) in [5, 5.41) is 63.7. The largest absolute Gasteiger partial charge is 0.388 e. The Hall–Kier alpha value is -3.54. The Balaban J connectivity index is 0.666. The van der Waals surface area contributed by atoms with Crippen molar-refractivity contribution in [3.05, 3.63) is 23.8 Å². The second-order valence-electron chi connectivity index (χ2n) is 17.6. The molecule has 2 aromatic heterocycles. The molecule has 6 rings (SSSR count). The third-order valence-electron chi connectivity index (χ3n) is 11.7. The van der Waals surface area contributed by atoms with E-state index in [1.54, 1.807) is 21.8 Å². The van der Waals surface area contributed by atoms with Crippen molar-refractivity contribution in [2.45, 2.75) is 106 Å². The number of aliphatic hydroxyl groups is 4. The summed E-state index contributed by atoms with van der Waals surface area (Å²) in [5.41, 5.74) is 5.04. The number of fused-ring (bicyclic) bond motifs is 4. The van der Waals surface area contributed by atoms with Gasteiger partial charge in [-0.05, 0) is 0 Å². The highest BCUT2D eigenvalue weighted by Gasteiger charge is 2.60. The van der Waals surface area contributed by atoms with Gasteiger partial charge in [-0.1, -0.05) is 10.4 Å². The number of aromatic nitrogens is 6. The van der Waals surface area contributed by atoms with Crippen LogP contribution in [0.1, 0.15) is 25.2 Å². The highest BCUT2D eigenvalue weighted by molar-refractivity contribution is 5.73. The molecule has 4 bridgehead atoms. The van der Waals surface area contributed by atoms with E-state index < -0.39 is 60.3 Å². The number of rotatable bonds is 38. The molecule has 29 nitrogen and oxygen atoms in total.